The molecule has 1 N–H and O–H groups in total. The van der Waals surface area contributed by atoms with Crippen molar-refractivity contribution in [3.63, 3.8) is 0 Å². The lowest BCUT2D eigenvalue weighted by molar-refractivity contribution is 0.0701. The molecule has 0 spiro atoms. The molecule has 0 saturated carbocycles. The molecule has 0 atom stereocenters. The van der Waals surface area contributed by atoms with Gasteiger partial charge in [0.1, 0.15) is 5.75 Å². The molecule has 8 nitrogen and oxygen atoms in total. The van der Waals surface area contributed by atoms with Gasteiger partial charge in [0.05, 0.1) is 19.1 Å². The van der Waals surface area contributed by atoms with Crippen molar-refractivity contribution >= 4 is 17.8 Å². The summed E-state index contributed by atoms with van der Waals surface area (Å²) in [5.74, 6) is 0.666. The fraction of sp³-hybridized carbons (Fsp3) is 0.200. The molecule has 2 aromatic heterocycles. The predicted octanol–water partition coefficient (Wildman–Crippen LogP) is 2.53. The van der Waals surface area contributed by atoms with Crippen LogP contribution in [0.5, 0.6) is 5.75 Å². The van der Waals surface area contributed by atoms with Crippen molar-refractivity contribution in [3.8, 4) is 5.75 Å². The molecule has 142 valence electrons. The molecule has 2 amide bonds. The molecule has 1 aliphatic heterocycles. The maximum Gasteiger partial charge on any atom is 0.289 e. The summed E-state index contributed by atoms with van der Waals surface area (Å²) in [5.41, 5.74) is 2.13. The number of furan rings is 1. The Kier molecular flexibility index (Phi) is 4.76. The van der Waals surface area contributed by atoms with Gasteiger partial charge in [0.2, 0.25) is 5.95 Å². The Hall–Kier alpha value is -3.68. The fourth-order valence-electron chi connectivity index (χ4n) is 3.04. The average molecular weight is 378 g/mol. The zero-order valence-electron chi connectivity index (χ0n) is 15.2. The number of hydrogen-bond acceptors (Lipinski definition) is 6. The topological polar surface area (TPSA) is 97.6 Å². The van der Waals surface area contributed by atoms with E-state index in [1.54, 1.807) is 54.6 Å². The molecule has 0 fully saturated rings. The van der Waals surface area contributed by atoms with Crippen LogP contribution in [0.1, 0.15) is 32.2 Å². The Balaban J connectivity index is 1.46. The number of methoxy groups -OCH3 is 1. The van der Waals surface area contributed by atoms with E-state index < -0.39 is 0 Å². The third kappa shape index (κ3) is 3.57. The van der Waals surface area contributed by atoms with Gasteiger partial charge >= 0.3 is 0 Å². The van der Waals surface area contributed by atoms with E-state index >= 15 is 0 Å². The fourth-order valence-corrected chi connectivity index (χ4v) is 3.04. The summed E-state index contributed by atoms with van der Waals surface area (Å²) in [5, 5.41) is 2.70. The lowest BCUT2D eigenvalue weighted by atomic mass is 10.1. The van der Waals surface area contributed by atoms with Gasteiger partial charge < -0.3 is 14.1 Å². The van der Waals surface area contributed by atoms with E-state index in [1.165, 1.54) is 6.26 Å². The monoisotopic (exact) mass is 378 g/mol. The van der Waals surface area contributed by atoms with Gasteiger partial charge in [0, 0.05) is 36.8 Å². The number of nitrogens with zero attached hydrogens (tertiary/aromatic N) is 3. The van der Waals surface area contributed by atoms with Gasteiger partial charge in [0.15, 0.2) is 5.76 Å². The molecule has 3 aromatic rings. The highest BCUT2D eigenvalue weighted by Gasteiger charge is 2.25. The van der Waals surface area contributed by atoms with Crippen LogP contribution in [-0.4, -0.2) is 40.3 Å². The predicted molar refractivity (Wildman–Crippen MR) is 100 cm³/mol. The lowest BCUT2D eigenvalue weighted by Crippen LogP contribution is -2.36. The van der Waals surface area contributed by atoms with Crippen LogP contribution in [0.4, 0.5) is 5.95 Å². The first-order valence-corrected chi connectivity index (χ1v) is 8.77. The number of rotatable bonds is 4. The van der Waals surface area contributed by atoms with Crippen molar-refractivity contribution in [1.82, 2.24) is 14.9 Å². The van der Waals surface area contributed by atoms with Gasteiger partial charge in [-0.3, -0.25) is 14.9 Å². The molecular weight excluding hydrogens is 360 g/mol. The van der Waals surface area contributed by atoms with Gasteiger partial charge in [-0.2, -0.15) is 0 Å². The Morgan fingerprint density at radius 2 is 2.14 bits per heavy atom. The maximum atomic E-state index is 12.4. The molecule has 1 aromatic carbocycles. The molecule has 4 rings (SSSR count). The van der Waals surface area contributed by atoms with Crippen LogP contribution in [0.2, 0.25) is 0 Å². The molecule has 28 heavy (non-hydrogen) atoms. The number of benzene rings is 1. The van der Waals surface area contributed by atoms with Gasteiger partial charge in [-0.15, -0.1) is 0 Å². The Morgan fingerprint density at radius 3 is 2.93 bits per heavy atom. The molecule has 1 aliphatic rings. The summed E-state index contributed by atoms with van der Waals surface area (Å²) in [6, 6.07) is 10.2. The van der Waals surface area contributed by atoms with E-state index in [9.17, 15) is 9.59 Å². The molecule has 0 radical (unpaired) electrons. The first-order chi connectivity index (χ1) is 13.6. The third-order valence-corrected chi connectivity index (χ3v) is 4.51. The van der Waals surface area contributed by atoms with Crippen LogP contribution in [-0.2, 0) is 13.0 Å². The highest BCUT2D eigenvalue weighted by molar-refractivity contribution is 6.03. The van der Waals surface area contributed by atoms with Crippen molar-refractivity contribution in [2.24, 2.45) is 0 Å². The molecule has 0 aliphatic carbocycles. The minimum atomic E-state index is -0.315. The van der Waals surface area contributed by atoms with Crippen LogP contribution in [0, 0.1) is 0 Å². The quantitative estimate of drug-likeness (QED) is 0.749. The number of fused-ring (bicyclic) bond motifs is 1. The van der Waals surface area contributed by atoms with E-state index in [0.29, 0.717) is 36.6 Å². The summed E-state index contributed by atoms with van der Waals surface area (Å²) < 4.78 is 10.3. The second kappa shape index (κ2) is 7.51. The molecule has 3 heterocycles. The number of carbonyl (C=O) groups excluding carboxylic acids is 2. The van der Waals surface area contributed by atoms with E-state index in [1.807, 2.05) is 0 Å². The van der Waals surface area contributed by atoms with E-state index in [-0.39, 0.29) is 17.8 Å². The highest BCUT2D eigenvalue weighted by Crippen LogP contribution is 2.20. The van der Waals surface area contributed by atoms with E-state index in [2.05, 4.69) is 15.3 Å². The zero-order chi connectivity index (χ0) is 19.5. The lowest BCUT2D eigenvalue weighted by Gasteiger charge is -2.27. The summed E-state index contributed by atoms with van der Waals surface area (Å²) in [4.78, 5) is 35.2. The number of anilines is 1. The first kappa shape index (κ1) is 17.7. The van der Waals surface area contributed by atoms with Crippen LogP contribution in [0.25, 0.3) is 0 Å². The number of amides is 2. The molecule has 0 saturated heterocycles. The molecular formula is C20H18N4O4. The van der Waals surface area contributed by atoms with Crippen LogP contribution in [0.3, 0.4) is 0 Å². The summed E-state index contributed by atoms with van der Waals surface area (Å²) in [6.07, 6.45) is 3.70. The number of carbonyl (C=O) groups is 2. The molecule has 0 bridgehead atoms. The minimum absolute atomic E-state index is 0.161. The molecule has 0 unspecified atom stereocenters. The van der Waals surface area contributed by atoms with Crippen molar-refractivity contribution in [2.75, 3.05) is 19.0 Å². The maximum absolute atomic E-state index is 12.4. The SMILES string of the molecule is COc1cccc(C(=O)Nc2ncc3c(n2)CCN(C(=O)c2ccco2)C3)c1. The minimum Gasteiger partial charge on any atom is -0.497 e. The van der Waals surface area contributed by atoms with E-state index in [0.717, 1.165) is 11.3 Å². The van der Waals surface area contributed by atoms with Gasteiger partial charge in [-0.05, 0) is 30.3 Å². The second-order valence-electron chi connectivity index (χ2n) is 6.31. The van der Waals surface area contributed by atoms with Crippen LogP contribution in [0.15, 0.2) is 53.3 Å². The van der Waals surface area contributed by atoms with Crippen molar-refractivity contribution in [3.05, 3.63) is 71.4 Å². The number of ether oxygens (including phenoxy) is 1. The van der Waals surface area contributed by atoms with Crippen molar-refractivity contribution in [2.45, 2.75) is 13.0 Å². The van der Waals surface area contributed by atoms with Crippen molar-refractivity contribution in [1.29, 1.82) is 0 Å². The second-order valence-corrected chi connectivity index (χ2v) is 6.31. The smallest absolute Gasteiger partial charge is 0.289 e. The van der Waals surface area contributed by atoms with E-state index in [4.69, 9.17) is 9.15 Å². The largest absolute Gasteiger partial charge is 0.497 e. The highest BCUT2D eigenvalue weighted by atomic mass is 16.5. The van der Waals surface area contributed by atoms with Gasteiger partial charge in [0.25, 0.3) is 11.8 Å². The third-order valence-electron chi connectivity index (χ3n) is 4.51. The number of hydrogen-bond donors (Lipinski definition) is 1. The Bertz CT molecular complexity index is 1020. The van der Waals surface area contributed by atoms with Crippen molar-refractivity contribution < 1.29 is 18.7 Å². The Morgan fingerprint density at radius 1 is 1.25 bits per heavy atom. The zero-order valence-corrected chi connectivity index (χ0v) is 15.2. The Labute approximate surface area is 161 Å². The number of nitrogens with one attached hydrogen (secondary N) is 1. The standard InChI is InChI=1S/C20H18N4O4/c1-27-15-5-2-4-13(10-15)18(25)23-20-21-11-14-12-24(8-7-16(14)22-20)19(26)17-6-3-9-28-17/h2-6,9-11H,7-8,12H2,1H3,(H,21,22,23,25). The normalized spacial score (nSPS) is 13.0. The van der Waals surface area contributed by atoms with Crippen LogP contribution < -0.4 is 10.1 Å². The average Bonchev–Trinajstić information content (AvgIpc) is 3.27. The van der Waals surface area contributed by atoms with Gasteiger partial charge in [-0.25, -0.2) is 9.97 Å². The molecule has 8 heteroatoms. The summed E-state index contributed by atoms with van der Waals surface area (Å²) in [6.45, 7) is 0.922. The number of aromatic nitrogens is 2. The summed E-state index contributed by atoms with van der Waals surface area (Å²) in [7, 11) is 1.55. The summed E-state index contributed by atoms with van der Waals surface area (Å²) >= 11 is 0. The first-order valence-electron chi connectivity index (χ1n) is 8.77. The van der Waals surface area contributed by atoms with Gasteiger partial charge in [-0.1, -0.05) is 6.07 Å². The van der Waals surface area contributed by atoms with Crippen LogP contribution >= 0.6 is 0 Å².